The molecular weight excluding hydrogens is 290 g/mol. The Kier molecular flexibility index (Phi) is 6.58. The van der Waals surface area contributed by atoms with Crippen molar-refractivity contribution in [3.8, 4) is 11.8 Å². The fourth-order valence-corrected chi connectivity index (χ4v) is 2.56. The van der Waals surface area contributed by atoms with Crippen LogP contribution in [0.2, 0.25) is 0 Å². The predicted octanol–water partition coefficient (Wildman–Crippen LogP) is 5.37. The number of aryl methyl sites for hydroxylation is 2. The van der Waals surface area contributed by atoms with Crippen molar-refractivity contribution in [3.63, 3.8) is 0 Å². The fraction of sp³-hybridized carbons (Fsp3) is 0.261. The molecule has 1 heterocycles. The van der Waals surface area contributed by atoms with Crippen LogP contribution in [0.15, 0.2) is 71.3 Å². The molecule has 1 aromatic carbocycles. The third-order valence-corrected chi connectivity index (χ3v) is 4.17. The van der Waals surface area contributed by atoms with Crippen LogP contribution in [0.4, 0.5) is 0 Å². The van der Waals surface area contributed by atoms with Crippen LogP contribution < -0.4 is 0 Å². The van der Waals surface area contributed by atoms with Crippen molar-refractivity contribution in [2.24, 2.45) is 4.99 Å². The van der Waals surface area contributed by atoms with E-state index in [2.05, 4.69) is 61.5 Å². The number of nitrogens with zero attached hydrogens (tertiary/aromatic N) is 1. The molecule has 0 fully saturated rings. The van der Waals surface area contributed by atoms with Crippen molar-refractivity contribution in [1.82, 2.24) is 0 Å². The molecule has 0 spiro atoms. The zero-order chi connectivity index (χ0) is 17.4. The molecule has 0 amide bonds. The quantitative estimate of drug-likeness (QED) is 0.512. The van der Waals surface area contributed by atoms with E-state index in [4.69, 9.17) is 0 Å². The number of allylic oxidation sites excluding steroid dienone is 6. The van der Waals surface area contributed by atoms with Crippen molar-refractivity contribution in [2.45, 2.75) is 39.7 Å². The lowest BCUT2D eigenvalue weighted by Gasteiger charge is -2.10. The Morgan fingerprint density at radius 2 is 2.17 bits per heavy atom. The van der Waals surface area contributed by atoms with Crippen molar-refractivity contribution < 1.29 is 0 Å². The maximum Gasteiger partial charge on any atom is 0.0713 e. The van der Waals surface area contributed by atoms with Crippen molar-refractivity contribution >= 4 is 6.21 Å². The molecule has 122 valence electrons. The summed E-state index contributed by atoms with van der Waals surface area (Å²) in [6.45, 7) is 10.1. The summed E-state index contributed by atoms with van der Waals surface area (Å²) in [5, 5.41) is 0. The van der Waals surface area contributed by atoms with Crippen LogP contribution in [-0.2, 0) is 6.42 Å². The minimum absolute atomic E-state index is 0.344. The molecule has 0 bridgehead atoms. The summed E-state index contributed by atoms with van der Waals surface area (Å²) in [5.41, 5.74) is 5.89. The topological polar surface area (TPSA) is 12.4 Å². The van der Waals surface area contributed by atoms with Gasteiger partial charge < -0.3 is 0 Å². The van der Waals surface area contributed by atoms with Gasteiger partial charge >= 0.3 is 0 Å². The van der Waals surface area contributed by atoms with Crippen molar-refractivity contribution in [3.05, 3.63) is 83.0 Å². The average Bonchev–Trinajstić information content (AvgIpc) is 3.00. The lowest BCUT2D eigenvalue weighted by molar-refractivity contribution is 0.702. The molecule has 0 aliphatic carbocycles. The highest BCUT2D eigenvalue weighted by Crippen LogP contribution is 2.18. The Morgan fingerprint density at radius 3 is 2.83 bits per heavy atom. The maximum atomic E-state index is 4.50. The maximum absolute atomic E-state index is 4.50. The molecular formula is C23H25N. The highest BCUT2D eigenvalue weighted by molar-refractivity contribution is 5.75. The first-order chi connectivity index (χ1) is 11.6. The third-order valence-electron chi connectivity index (χ3n) is 4.17. The summed E-state index contributed by atoms with van der Waals surface area (Å²) < 4.78 is 0. The lowest BCUT2D eigenvalue weighted by atomic mass is 9.98. The number of rotatable bonds is 5. The zero-order valence-electron chi connectivity index (χ0n) is 14.8. The second kappa shape index (κ2) is 8.89. The molecule has 0 saturated heterocycles. The molecule has 1 nitrogen and oxygen atoms in total. The van der Waals surface area contributed by atoms with Crippen molar-refractivity contribution in [2.75, 3.05) is 0 Å². The van der Waals surface area contributed by atoms with Gasteiger partial charge in [-0.25, -0.2) is 0 Å². The molecule has 0 radical (unpaired) electrons. The van der Waals surface area contributed by atoms with Crippen LogP contribution >= 0.6 is 0 Å². The molecule has 1 atom stereocenters. The Balaban J connectivity index is 2.12. The van der Waals surface area contributed by atoms with Crippen LogP contribution in [0.3, 0.4) is 0 Å². The van der Waals surface area contributed by atoms with Crippen LogP contribution in [-0.4, -0.2) is 12.3 Å². The zero-order valence-corrected chi connectivity index (χ0v) is 14.8. The molecule has 0 saturated carbocycles. The Hall–Kier alpha value is -2.59. The lowest BCUT2D eigenvalue weighted by Crippen LogP contribution is -2.04. The summed E-state index contributed by atoms with van der Waals surface area (Å²) in [6, 6.07) is 6.90. The van der Waals surface area contributed by atoms with E-state index in [1.165, 1.54) is 16.7 Å². The first-order valence-electron chi connectivity index (χ1n) is 8.41. The van der Waals surface area contributed by atoms with Gasteiger partial charge in [-0.15, -0.1) is 0 Å². The minimum atomic E-state index is 0.344. The summed E-state index contributed by atoms with van der Waals surface area (Å²) in [7, 11) is 0. The molecule has 0 N–H and O–H groups in total. The molecule has 1 unspecified atom stereocenters. The molecule has 1 aromatic rings. The highest BCUT2D eigenvalue weighted by atomic mass is 14.8. The number of aliphatic imine (C=N–C) groups is 1. The Labute approximate surface area is 146 Å². The number of hydrogen-bond donors (Lipinski definition) is 0. The van der Waals surface area contributed by atoms with Crippen molar-refractivity contribution in [1.29, 1.82) is 0 Å². The van der Waals surface area contributed by atoms with Gasteiger partial charge in [0, 0.05) is 17.4 Å². The van der Waals surface area contributed by atoms with E-state index in [1.54, 1.807) is 6.08 Å². The average molecular weight is 315 g/mol. The van der Waals surface area contributed by atoms with Gasteiger partial charge in [0.05, 0.1) is 6.04 Å². The Bertz CT molecular complexity index is 776. The molecule has 1 aliphatic heterocycles. The second-order valence-electron chi connectivity index (χ2n) is 6.01. The van der Waals surface area contributed by atoms with Crippen LogP contribution in [0.1, 0.15) is 37.0 Å². The van der Waals surface area contributed by atoms with Gasteiger partial charge in [-0.1, -0.05) is 48.8 Å². The molecule has 1 heteroatoms. The van der Waals surface area contributed by atoms with Gasteiger partial charge in [-0.3, -0.25) is 4.99 Å². The monoisotopic (exact) mass is 315 g/mol. The SMILES string of the molecule is C=C/C(C#Cc1cc(CCC2N=CC=C2C)ccc1C)=C\C=C/C. The summed E-state index contributed by atoms with van der Waals surface area (Å²) in [6.07, 6.45) is 13.8. The first-order valence-corrected chi connectivity index (χ1v) is 8.41. The van der Waals surface area contributed by atoms with E-state index in [0.717, 1.165) is 24.0 Å². The van der Waals surface area contributed by atoms with Crippen LogP contribution in [0.25, 0.3) is 0 Å². The third kappa shape index (κ3) is 4.96. The summed E-state index contributed by atoms with van der Waals surface area (Å²) in [4.78, 5) is 4.50. The van der Waals surface area contributed by atoms with Gasteiger partial charge in [-0.2, -0.15) is 0 Å². The van der Waals surface area contributed by atoms with Gasteiger partial charge in [0.1, 0.15) is 0 Å². The predicted molar refractivity (Wildman–Crippen MR) is 106 cm³/mol. The fourth-order valence-electron chi connectivity index (χ4n) is 2.56. The summed E-state index contributed by atoms with van der Waals surface area (Å²) >= 11 is 0. The second-order valence-corrected chi connectivity index (χ2v) is 6.01. The number of benzene rings is 1. The summed E-state index contributed by atoms with van der Waals surface area (Å²) in [5.74, 6) is 6.49. The van der Waals surface area contributed by atoms with E-state index < -0.39 is 0 Å². The normalized spacial score (nSPS) is 16.9. The number of hydrogen-bond acceptors (Lipinski definition) is 1. The standard InChI is InChI=1S/C23H25N/c1-5-7-8-20(6-2)11-13-22-17-21(10-9-18(22)3)12-14-23-19(4)15-16-24-23/h5-10,15-17,23H,2,12,14H2,1,3-4H3/b7-5-,20-8+. The van der Waals surface area contributed by atoms with E-state index in [-0.39, 0.29) is 0 Å². The first kappa shape index (κ1) is 17.8. The smallest absolute Gasteiger partial charge is 0.0713 e. The van der Waals surface area contributed by atoms with E-state index >= 15 is 0 Å². The molecule has 2 rings (SSSR count). The van der Waals surface area contributed by atoms with Gasteiger partial charge in [0.2, 0.25) is 0 Å². The van der Waals surface area contributed by atoms with Gasteiger partial charge in [0.15, 0.2) is 0 Å². The molecule has 24 heavy (non-hydrogen) atoms. The highest BCUT2D eigenvalue weighted by Gasteiger charge is 2.11. The molecule has 0 aromatic heterocycles. The molecule has 1 aliphatic rings. The largest absolute Gasteiger partial charge is 0.285 e. The Morgan fingerprint density at radius 1 is 1.33 bits per heavy atom. The van der Waals surface area contributed by atoms with E-state index in [0.29, 0.717) is 6.04 Å². The minimum Gasteiger partial charge on any atom is -0.285 e. The van der Waals surface area contributed by atoms with E-state index in [1.807, 2.05) is 31.4 Å². The van der Waals surface area contributed by atoms with Gasteiger partial charge in [-0.05, 0) is 68.5 Å². The van der Waals surface area contributed by atoms with Crippen LogP contribution in [0, 0.1) is 18.8 Å². The van der Waals surface area contributed by atoms with E-state index in [9.17, 15) is 0 Å². The van der Waals surface area contributed by atoms with Gasteiger partial charge in [0.25, 0.3) is 0 Å². The van der Waals surface area contributed by atoms with Crippen LogP contribution in [0.5, 0.6) is 0 Å².